The standard InChI is InChI=1S/C14H20N4O/c1-17(9-12-8-15-11-18(12)2)14(10-19-3)13-6-4-5-7-16-13/h4-8,11,14H,9-10H2,1-3H3. The Hall–Kier alpha value is -1.72. The first-order valence-electron chi connectivity index (χ1n) is 6.27. The quantitative estimate of drug-likeness (QED) is 0.792. The largest absolute Gasteiger partial charge is 0.383 e. The molecule has 0 radical (unpaired) electrons. The third kappa shape index (κ3) is 3.39. The molecular formula is C14H20N4O. The van der Waals surface area contributed by atoms with Gasteiger partial charge in [-0.2, -0.15) is 0 Å². The van der Waals surface area contributed by atoms with Gasteiger partial charge >= 0.3 is 0 Å². The summed E-state index contributed by atoms with van der Waals surface area (Å²) in [6, 6.07) is 6.10. The summed E-state index contributed by atoms with van der Waals surface area (Å²) >= 11 is 0. The number of aryl methyl sites for hydroxylation is 1. The van der Waals surface area contributed by atoms with E-state index >= 15 is 0 Å². The summed E-state index contributed by atoms with van der Waals surface area (Å²) in [4.78, 5) is 10.8. The molecule has 5 nitrogen and oxygen atoms in total. The van der Waals surface area contributed by atoms with E-state index in [1.165, 1.54) is 5.69 Å². The van der Waals surface area contributed by atoms with Crippen LogP contribution in [0.4, 0.5) is 0 Å². The molecule has 2 aromatic heterocycles. The smallest absolute Gasteiger partial charge is 0.0945 e. The van der Waals surface area contributed by atoms with E-state index in [-0.39, 0.29) is 6.04 Å². The number of imidazole rings is 1. The lowest BCUT2D eigenvalue weighted by Crippen LogP contribution is -2.29. The lowest BCUT2D eigenvalue weighted by atomic mass is 10.1. The zero-order valence-electron chi connectivity index (χ0n) is 11.7. The van der Waals surface area contributed by atoms with Crippen molar-refractivity contribution in [2.45, 2.75) is 12.6 Å². The topological polar surface area (TPSA) is 43.2 Å². The van der Waals surface area contributed by atoms with Gasteiger partial charge in [0, 0.05) is 33.1 Å². The van der Waals surface area contributed by atoms with E-state index in [2.05, 4.69) is 21.9 Å². The zero-order valence-corrected chi connectivity index (χ0v) is 11.7. The van der Waals surface area contributed by atoms with Gasteiger partial charge in [-0.15, -0.1) is 0 Å². The molecule has 19 heavy (non-hydrogen) atoms. The van der Waals surface area contributed by atoms with Crippen molar-refractivity contribution >= 4 is 0 Å². The summed E-state index contributed by atoms with van der Waals surface area (Å²) in [6.45, 7) is 1.42. The molecule has 2 heterocycles. The highest BCUT2D eigenvalue weighted by molar-refractivity contribution is 5.10. The van der Waals surface area contributed by atoms with Crippen LogP contribution in [0.3, 0.4) is 0 Å². The van der Waals surface area contributed by atoms with E-state index in [4.69, 9.17) is 4.74 Å². The molecule has 0 aliphatic heterocycles. The van der Waals surface area contributed by atoms with Crippen molar-refractivity contribution in [3.8, 4) is 0 Å². The second-order valence-corrected chi connectivity index (χ2v) is 4.64. The lowest BCUT2D eigenvalue weighted by Gasteiger charge is -2.27. The fourth-order valence-electron chi connectivity index (χ4n) is 2.07. The first kappa shape index (κ1) is 13.7. The van der Waals surface area contributed by atoms with Crippen LogP contribution in [-0.4, -0.2) is 40.2 Å². The van der Waals surface area contributed by atoms with Crippen LogP contribution in [-0.2, 0) is 18.3 Å². The number of rotatable bonds is 6. The number of nitrogens with zero attached hydrogens (tertiary/aromatic N) is 4. The molecule has 0 bridgehead atoms. The Morgan fingerprint density at radius 3 is 2.84 bits per heavy atom. The van der Waals surface area contributed by atoms with Crippen LogP contribution >= 0.6 is 0 Å². The molecular weight excluding hydrogens is 240 g/mol. The highest BCUT2D eigenvalue weighted by atomic mass is 16.5. The van der Waals surface area contributed by atoms with Crippen molar-refractivity contribution < 1.29 is 4.74 Å². The average molecular weight is 260 g/mol. The molecule has 0 aliphatic rings. The predicted octanol–water partition coefficient (Wildman–Crippen LogP) is 1.63. The summed E-state index contributed by atoms with van der Waals surface area (Å²) in [5, 5.41) is 0. The Morgan fingerprint density at radius 1 is 1.42 bits per heavy atom. The maximum absolute atomic E-state index is 5.32. The van der Waals surface area contributed by atoms with Crippen LogP contribution in [0, 0.1) is 0 Å². The minimum absolute atomic E-state index is 0.140. The van der Waals surface area contributed by atoms with E-state index in [1.807, 2.05) is 48.5 Å². The Balaban J connectivity index is 2.13. The molecule has 102 valence electrons. The minimum atomic E-state index is 0.140. The summed E-state index contributed by atoms with van der Waals surface area (Å²) in [5.74, 6) is 0. The monoisotopic (exact) mass is 260 g/mol. The molecule has 0 fully saturated rings. The molecule has 0 spiro atoms. The minimum Gasteiger partial charge on any atom is -0.383 e. The Kier molecular flexibility index (Phi) is 4.65. The van der Waals surface area contributed by atoms with E-state index in [0.717, 1.165) is 12.2 Å². The van der Waals surface area contributed by atoms with Crippen molar-refractivity contribution in [3.05, 3.63) is 48.3 Å². The maximum atomic E-state index is 5.32. The van der Waals surface area contributed by atoms with Crippen LogP contribution in [0.5, 0.6) is 0 Å². The molecule has 5 heteroatoms. The molecule has 0 saturated heterocycles. The van der Waals surface area contributed by atoms with Crippen LogP contribution < -0.4 is 0 Å². The molecule has 1 atom stereocenters. The fraction of sp³-hybridized carbons (Fsp3) is 0.429. The van der Waals surface area contributed by atoms with Crippen molar-refractivity contribution in [2.75, 3.05) is 20.8 Å². The van der Waals surface area contributed by atoms with Gasteiger partial charge in [0.2, 0.25) is 0 Å². The summed E-state index contributed by atoms with van der Waals surface area (Å²) < 4.78 is 7.35. The van der Waals surface area contributed by atoms with Crippen molar-refractivity contribution in [2.24, 2.45) is 7.05 Å². The number of aromatic nitrogens is 3. The number of hydrogen-bond acceptors (Lipinski definition) is 4. The molecule has 0 N–H and O–H groups in total. The van der Waals surface area contributed by atoms with Gasteiger partial charge in [-0.1, -0.05) is 6.07 Å². The maximum Gasteiger partial charge on any atom is 0.0945 e. The Morgan fingerprint density at radius 2 is 2.26 bits per heavy atom. The molecule has 2 aromatic rings. The van der Waals surface area contributed by atoms with Crippen molar-refractivity contribution in [3.63, 3.8) is 0 Å². The SMILES string of the molecule is COCC(c1ccccn1)N(C)Cc1cncn1C. The highest BCUT2D eigenvalue weighted by Crippen LogP contribution is 2.19. The number of ether oxygens (including phenoxy) is 1. The first-order valence-corrected chi connectivity index (χ1v) is 6.27. The van der Waals surface area contributed by atoms with Crippen LogP contribution in [0.2, 0.25) is 0 Å². The second kappa shape index (κ2) is 6.45. The first-order chi connectivity index (χ1) is 9.22. The van der Waals surface area contributed by atoms with Gasteiger partial charge in [0.15, 0.2) is 0 Å². The van der Waals surface area contributed by atoms with E-state index in [9.17, 15) is 0 Å². The summed E-state index contributed by atoms with van der Waals surface area (Å²) in [7, 11) is 5.79. The van der Waals surface area contributed by atoms with Crippen molar-refractivity contribution in [1.29, 1.82) is 0 Å². The van der Waals surface area contributed by atoms with Gasteiger partial charge in [0.25, 0.3) is 0 Å². The van der Waals surface area contributed by atoms with Gasteiger partial charge in [0.05, 0.1) is 30.4 Å². The van der Waals surface area contributed by atoms with E-state index in [0.29, 0.717) is 6.61 Å². The molecule has 0 aromatic carbocycles. The van der Waals surface area contributed by atoms with Crippen LogP contribution in [0.1, 0.15) is 17.4 Å². The van der Waals surface area contributed by atoms with Crippen LogP contribution in [0.25, 0.3) is 0 Å². The molecule has 2 rings (SSSR count). The number of pyridine rings is 1. The number of hydrogen-bond donors (Lipinski definition) is 0. The average Bonchev–Trinajstić information content (AvgIpc) is 2.82. The van der Waals surface area contributed by atoms with E-state index < -0.39 is 0 Å². The Bertz CT molecular complexity index is 497. The molecule has 0 aliphatic carbocycles. The van der Waals surface area contributed by atoms with Gasteiger partial charge in [0.1, 0.15) is 0 Å². The van der Waals surface area contributed by atoms with Gasteiger partial charge < -0.3 is 9.30 Å². The number of likely N-dealkylation sites (N-methyl/N-ethyl adjacent to an activating group) is 1. The Labute approximate surface area is 113 Å². The normalized spacial score (nSPS) is 12.8. The fourth-order valence-corrected chi connectivity index (χ4v) is 2.07. The van der Waals surface area contributed by atoms with Crippen molar-refractivity contribution in [1.82, 2.24) is 19.4 Å². The van der Waals surface area contributed by atoms with E-state index in [1.54, 1.807) is 7.11 Å². The zero-order chi connectivity index (χ0) is 13.7. The van der Waals surface area contributed by atoms with Crippen LogP contribution in [0.15, 0.2) is 36.9 Å². The lowest BCUT2D eigenvalue weighted by molar-refractivity contribution is 0.0988. The molecule has 0 amide bonds. The van der Waals surface area contributed by atoms with Gasteiger partial charge in [-0.05, 0) is 19.2 Å². The second-order valence-electron chi connectivity index (χ2n) is 4.64. The van der Waals surface area contributed by atoms with Gasteiger partial charge in [-0.3, -0.25) is 9.88 Å². The third-order valence-corrected chi connectivity index (χ3v) is 3.21. The van der Waals surface area contributed by atoms with Gasteiger partial charge in [-0.25, -0.2) is 4.98 Å². The highest BCUT2D eigenvalue weighted by Gasteiger charge is 2.19. The predicted molar refractivity (Wildman–Crippen MR) is 73.5 cm³/mol. The molecule has 0 saturated carbocycles. The molecule has 1 unspecified atom stereocenters. The summed E-state index contributed by atoms with van der Waals surface area (Å²) in [6.07, 6.45) is 5.52. The summed E-state index contributed by atoms with van der Waals surface area (Å²) in [5.41, 5.74) is 2.19. The number of methoxy groups -OCH3 is 1. The third-order valence-electron chi connectivity index (χ3n) is 3.21.